The Morgan fingerprint density at radius 2 is 2.07 bits per heavy atom. The van der Waals surface area contributed by atoms with Crippen LogP contribution in [0.1, 0.15) is 32.0 Å². The second kappa shape index (κ2) is 10.8. The minimum absolute atomic E-state index is 0.451. The zero-order valence-electron chi connectivity index (χ0n) is 17.6. The van der Waals surface area contributed by atoms with E-state index in [2.05, 4.69) is 39.4 Å². The van der Waals surface area contributed by atoms with Crippen LogP contribution in [0.15, 0.2) is 29.3 Å². The van der Waals surface area contributed by atoms with Gasteiger partial charge in [-0.05, 0) is 56.4 Å². The van der Waals surface area contributed by atoms with Crippen LogP contribution in [0, 0.1) is 5.92 Å². The van der Waals surface area contributed by atoms with Gasteiger partial charge in [-0.2, -0.15) is 5.10 Å². The molecule has 1 aliphatic heterocycles. The van der Waals surface area contributed by atoms with Crippen molar-refractivity contribution in [2.45, 2.75) is 32.7 Å². The van der Waals surface area contributed by atoms with Crippen LogP contribution in [0.4, 0.5) is 0 Å². The van der Waals surface area contributed by atoms with Crippen LogP contribution < -0.4 is 10.1 Å². The van der Waals surface area contributed by atoms with E-state index >= 15 is 0 Å². The molecular formula is C21H32N6O2. The molecule has 0 unspecified atom stereocenters. The summed E-state index contributed by atoms with van der Waals surface area (Å²) in [4.78, 5) is 11.5. The van der Waals surface area contributed by atoms with Crippen molar-refractivity contribution in [2.24, 2.45) is 10.9 Å². The maximum Gasteiger partial charge on any atom is 0.194 e. The van der Waals surface area contributed by atoms with E-state index in [4.69, 9.17) is 14.5 Å². The number of hydrogen-bond acceptors (Lipinski definition) is 5. The normalized spacial score (nSPS) is 15.3. The molecule has 3 rings (SSSR count). The van der Waals surface area contributed by atoms with Gasteiger partial charge in [0.1, 0.15) is 18.1 Å². The molecular weight excluding hydrogens is 368 g/mol. The van der Waals surface area contributed by atoms with Crippen molar-refractivity contribution in [3.05, 3.63) is 30.1 Å². The Bertz CT molecular complexity index is 768. The maximum atomic E-state index is 5.45. The summed E-state index contributed by atoms with van der Waals surface area (Å²) >= 11 is 0. The lowest BCUT2D eigenvalue weighted by Crippen LogP contribution is -2.40. The molecule has 0 aliphatic carbocycles. The van der Waals surface area contributed by atoms with Crippen LogP contribution in [-0.4, -0.2) is 66.5 Å². The third-order valence-corrected chi connectivity index (χ3v) is 5.17. The maximum absolute atomic E-state index is 5.45. The molecule has 0 atom stereocenters. The Balaban J connectivity index is 1.58. The SMILES string of the molecule is CCNC(=NCc1nc(-c2ccc(OC)cc2)n[nH]1)N(C)CCC1CCOCC1. The number of aromatic nitrogens is 3. The van der Waals surface area contributed by atoms with Crippen molar-refractivity contribution < 1.29 is 9.47 Å². The standard InChI is InChI=1S/C21H32N6O2/c1-4-22-21(27(2)12-9-16-10-13-29-14-11-16)23-15-19-24-20(26-25-19)17-5-7-18(28-3)8-6-17/h5-8,16H,4,9-15H2,1-3H3,(H,22,23)(H,24,25,26). The number of nitrogens with zero attached hydrogens (tertiary/aromatic N) is 4. The molecule has 0 radical (unpaired) electrons. The summed E-state index contributed by atoms with van der Waals surface area (Å²) < 4.78 is 10.6. The first kappa shape index (κ1) is 21.1. The second-order valence-electron chi connectivity index (χ2n) is 7.27. The van der Waals surface area contributed by atoms with Gasteiger partial charge in [0.25, 0.3) is 0 Å². The number of methoxy groups -OCH3 is 1. The molecule has 2 N–H and O–H groups in total. The van der Waals surface area contributed by atoms with Gasteiger partial charge in [-0.25, -0.2) is 9.98 Å². The lowest BCUT2D eigenvalue weighted by Gasteiger charge is -2.26. The summed E-state index contributed by atoms with van der Waals surface area (Å²) in [6.07, 6.45) is 3.48. The number of ether oxygens (including phenoxy) is 2. The number of guanidine groups is 1. The fraction of sp³-hybridized carbons (Fsp3) is 0.571. The molecule has 29 heavy (non-hydrogen) atoms. The Kier molecular flexibility index (Phi) is 7.86. The topological polar surface area (TPSA) is 87.7 Å². The minimum Gasteiger partial charge on any atom is -0.497 e. The number of aromatic amines is 1. The Morgan fingerprint density at radius 1 is 1.31 bits per heavy atom. The first-order valence-electron chi connectivity index (χ1n) is 10.3. The van der Waals surface area contributed by atoms with Gasteiger partial charge in [0.2, 0.25) is 0 Å². The number of benzene rings is 1. The van der Waals surface area contributed by atoms with E-state index in [1.807, 2.05) is 24.3 Å². The molecule has 1 saturated heterocycles. The van der Waals surface area contributed by atoms with Crippen LogP contribution in [0.5, 0.6) is 5.75 Å². The predicted molar refractivity (Wildman–Crippen MR) is 114 cm³/mol. The molecule has 8 heteroatoms. The third kappa shape index (κ3) is 6.19. The summed E-state index contributed by atoms with van der Waals surface area (Å²) in [5.74, 6) is 3.85. The van der Waals surface area contributed by atoms with Gasteiger partial charge in [0.15, 0.2) is 11.8 Å². The highest BCUT2D eigenvalue weighted by Crippen LogP contribution is 2.20. The number of hydrogen-bond donors (Lipinski definition) is 2. The second-order valence-corrected chi connectivity index (χ2v) is 7.27. The zero-order valence-corrected chi connectivity index (χ0v) is 17.6. The number of nitrogens with one attached hydrogen (secondary N) is 2. The van der Waals surface area contributed by atoms with Gasteiger partial charge in [-0.1, -0.05) is 0 Å². The van der Waals surface area contributed by atoms with E-state index in [1.165, 1.54) is 0 Å². The molecule has 158 valence electrons. The smallest absolute Gasteiger partial charge is 0.194 e. The molecule has 1 aliphatic rings. The fourth-order valence-electron chi connectivity index (χ4n) is 3.37. The lowest BCUT2D eigenvalue weighted by atomic mass is 9.96. The molecule has 1 aromatic carbocycles. The summed E-state index contributed by atoms with van der Waals surface area (Å²) in [5.41, 5.74) is 0.942. The number of H-pyrrole nitrogens is 1. The summed E-state index contributed by atoms with van der Waals surface area (Å²) in [5, 5.41) is 10.7. The van der Waals surface area contributed by atoms with Crippen LogP contribution in [-0.2, 0) is 11.3 Å². The zero-order chi connectivity index (χ0) is 20.5. The van der Waals surface area contributed by atoms with Crippen molar-refractivity contribution in [1.82, 2.24) is 25.4 Å². The van der Waals surface area contributed by atoms with Crippen molar-refractivity contribution in [2.75, 3.05) is 40.5 Å². The quantitative estimate of drug-likeness (QED) is 0.523. The van der Waals surface area contributed by atoms with Crippen molar-refractivity contribution in [3.63, 3.8) is 0 Å². The third-order valence-electron chi connectivity index (χ3n) is 5.17. The molecule has 8 nitrogen and oxygen atoms in total. The summed E-state index contributed by atoms with van der Waals surface area (Å²) in [7, 11) is 3.74. The highest BCUT2D eigenvalue weighted by molar-refractivity contribution is 5.79. The van der Waals surface area contributed by atoms with E-state index in [0.29, 0.717) is 12.4 Å². The van der Waals surface area contributed by atoms with Crippen LogP contribution in [0.25, 0.3) is 11.4 Å². The summed E-state index contributed by atoms with van der Waals surface area (Å²) in [6, 6.07) is 7.70. The van der Waals surface area contributed by atoms with Gasteiger partial charge in [0, 0.05) is 38.9 Å². The van der Waals surface area contributed by atoms with Crippen molar-refractivity contribution >= 4 is 5.96 Å². The van der Waals surface area contributed by atoms with Crippen LogP contribution in [0.3, 0.4) is 0 Å². The molecule has 0 bridgehead atoms. The summed E-state index contributed by atoms with van der Waals surface area (Å²) in [6.45, 7) is 6.12. The highest BCUT2D eigenvalue weighted by Gasteiger charge is 2.15. The van der Waals surface area contributed by atoms with Gasteiger partial charge < -0.3 is 19.7 Å². The van der Waals surface area contributed by atoms with E-state index in [9.17, 15) is 0 Å². The van der Waals surface area contributed by atoms with Gasteiger partial charge in [0.05, 0.1) is 7.11 Å². The van der Waals surface area contributed by atoms with Gasteiger partial charge in [-0.15, -0.1) is 0 Å². The molecule has 0 saturated carbocycles. The largest absolute Gasteiger partial charge is 0.497 e. The fourth-order valence-corrected chi connectivity index (χ4v) is 3.37. The monoisotopic (exact) mass is 400 g/mol. The van der Waals surface area contributed by atoms with E-state index in [-0.39, 0.29) is 0 Å². The van der Waals surface area contributed by atoms with Gasteiger partial charge >= 0.3 is 0 Å². The Hall–Kier alpha value is -2.61. The van der Waals surface area contributed by atoms with Gasteiger partial charge in [-0.3, -0.25) is 5.10 Å². The molecule has 2 aromatic rings. The molecule has 0 spiro atoms. The van der Waals surface area contributed by atoms with Crippen molar-refractivity contribution in [3.8, 4) is 17.1 Å². The average molecular weight is 401 g/mol. The van der Waals surface area contributed by atoms with E-state index in [0.717, 1.165) is 74.6 Å². The predicted octanol–water partition coefficient (Wildman–Crippen LogP) is 2.69. The van der Waals surface area contributed by atoms with E-state index in [1.54, 1.807) is 7.11 Å². The first-order valence-corrected chi connectivity index (χ1v) is 10.3. The number of aliphatic imine (C=N–C) groups is 1. The Labute approximate surface area is 172 Å². The van der Waals surface area contributed by atoms with Crippen molar-refractivity contribution in [1.29, 1.82) is 0 Å². The first-order chi connectivity index (χ1) is 14.2. The highest BCUT2D eigenvalue weighted by atomic mass is 16.5. The van der Waals surface area contributed by atoms with E-state index < -0.39 is 0 Å². The molecule has 2 heterocycles. The number of rotatable bonds is 8. The van der Waals surface area contributed by atoms with Crippen LogP contribution in [0.2, 0.25) is 0 Å². The lowest BCUT2D eigenvalue weighted by molar-refractivity contribution is 0.0625. The molecule has 0 amide bonds. The Morgan fingerprint density at radius 3 is 2.76 bits per heavy atom. The molecule has 1 fully saturated rings. The van der Waals surface area contributed by atoms with Crippen LogP contribution >= 0.6 is 0 Å². The molecule has 1 aromatic heterocycles. The average Bonchev–Trinajstić information content (AvgIpc) is 3.25. The minimum atomic E-state index is 0.451.